The molecule has 0 heterocycles. The maximum absolute atomic E-state index is 9.21. The van der Waals surface area contributed by atoms with Crippen LogP contribution in [0.1, 0.15) is 25.8 Å². The number of aliphatic hydroxyl groups excluding tert-OH is 1. The summed E-state index contributed by atoms with van der Waals surface area (Å²) < 4.78 is 6.69. The van der Waals surface area contributed by atoms with E-state index < -0.39 is 0 Å². The Morgan fingerprint density at radius 3 is 2.88 bits per heavy atom. The Morgan fingerprint density at radius 2 is 2.24 bits per heavy atom. The Labute approximate surface area is 111 Å². The number of halogens is 1. The summed E-state index contributed by atoms with van der Waals surface area (Å²) in [6.07, 6.45) is 0.317. The van der Waals surface area contributed by atoms with Gasteiger partial charge in [0.1, 0.15) is 5.75 Å². The van der Waals surface area contributed by atoms with Crippen LogP contribution in [0, 0.1) is 0 Å². The summed E-state index contributed by atoms with van der Waals surface area (Å²) in [5.41, 5.74) is 1.13. The predicted molar refractivity (Wildman–Crippen MR) is 73.3 cm³/mol. The number of aliphatic hydroxyl groups is 1. The van der Waals surface area contributed by atoms with Crippen LogP contribution in [0.5, 0.6) is 5.75 Å². The molecule has 0 amide bonds. The van der Waals surface area contributed by atoms with Gasteiger partial charge in [0.05, 0.1) is 17.2 Å². The first-order valence-corrected chi connectivity index (χ1v) is 6.73. The van der Waals surface area contributed by atoms with Gasteiger partial charge in [-0.05, 0) is 35.5 Å². The number of rotatable bonds is 7. The quantitative estimate of drug-likeness (QED) is 0.814. The van der Waals surface area contributed by atoms with Gasteiger partial charge in [0.25, 0.3) is 0 Å². The van der Waals surface area contributed by atoms with Crippen LogP contribution in [-0.4, -0.2) is 24.4 Å². The van der Waals surface area contributed by atoms with Crippen molar-refractivity contribution in [1.82, 2.24) is 5.32 Å². The first-order valence-electron chi connectivity index (χ1n) is 5.94. The van der Waals surface area contributed by atoms with Crippen molar-refractivity contribution in [2.75, 3.05) is 13.2 Å². The van der Waals surface area contributed by atoms with Gasteiger partial charge >= 0.3 is 0 Å². The van der Waals surface area contributed by atoms with Crippen molar-refractivity contribution in [3.05, 3.63) is 28.2 Å². The lowest BCUT2D eigenvalue weighted by molar-refractivity contribution is 0.155. The molecule has 2 N–H and O–H groups in total. The van der Waals surface area contributed by atoms with E-state index in [0.29, 0.717) is 13.0 Å². The molecular formula is C13H20BrNO2. The van der Waals surface area contributed by atoms with Gasteiger partial charge in [-0.2, -0.15) is 0 Å². The molecule has 0 aromatic heterocycles. The van der Waals surface area contributed by atoms with E-state index in [1.807, 2.05) is 18.2 Å². The van der Waals surface area contributed by atoms with Gasteiger partial charge in [0.15, 0.2) is 0 Å². The van der Waals surface area contributed by atoms with Gasteiger partial charge in [0, 0.05) is 18.5 Å². The smallest absolute Gasteiger partial charge is 0.137 e. The fraction of sp³-hybridized carbons (Fsp3) is 0.538. The molecule has 4 heteroatoms. The molecule has 1 aromatic carbocycles. The summed E-state index contributed by atoms with van der Waals surface area (Å²) in [6, 6.07) is 6.01. The molecule has 3 nitrogen and oxygen atoms in total. The van der Waals surface area contributed by atoms with Crippen molar-refractivity contribution in [2.24, 2.45) is 0 Å². The van der Waals surface area contributed by atoms with Crippen molar-refractivity contribution in [1.29, 1.82) is 0 Å². The molecule has 0 aliphatic rings. The second-order valence-corrected chi connectivity index (χ2v) is 4.85. The van der Waals surface area contributed by atoms with Crippen LogP contribution in [0.2, 0.25) is 0 Å². The number of nitrogens with one attached hydrogen (secondary N) is 1. The number of hydrogen-bond donors (Lipinski definition) is 2. The van der Waals surface area contributed by atoms with Crippen LogP contribution in [0.15, 0.2) is 22.7 Å². The Kier molecular flexibility index (Phi) is 6.55. The van der Waals surface area contributed by atoms with Gasteiger partial charge in [-0.25, -0.2) is 0 Å². The molecule has 0 aliphatic heterocycles. The van der Waals surface area contributed by atoms with E-state index in [-0.39, 0.29) is 6.10 Å². The third kappa shape index (κ3) is 5.06. The zero-order valence-corrected chi connectivity index (χ0v) is 12.0. The molecule has 1 atom stereocenters. The second-order valence-electron chi connectivity index (χ2n) is 3.99. The van der Waals surface area contributed by atoms with Crippen LogP contribution in [0.3, 0.4) is 0 Å². The number of para-hydroxylation sites is 1. The molecule has 1 aromatic rings. The average molecular weight is 302 g/mol. The maximum Gasteiger partial charge on any atom is 0.137 e. The van der Waals surface area contributed by atoms with Crippen molar-refractivity contribution >= 4 is 15.9 Å². The van der Waals surface area contributed by atoms with Crippen molar-refractivity contribution in [2.45, 2.75) is 32.9 Å². The van der Waals surface area contributed by atoms with Crippen LogP contribution < -0.4 is 10.1 Å². The lowest BCUT2D eigenvalue weighted by Gasteiger charge is -2.14. The predicted octanol–water partition coefficient (Wildman–Crippen LogP) is 2.71. The summed E-state index contributed by atoms with van der Waals surface area (Å²) in [6.45, 7) is 6.09. The summed E-state index contributed by atoms with van der Waals surface area (Å²) in [5, 5.41) is 12.5. The third-order valence-corrected chi connectivity index (χ3v) is 3.02. The number of hydrogen-bond acceptors (Lipinski definition) is 3. The highest BCUT2D eigenvalue weighted by molar-refractivity contribution is 9.10. The minimum Gasteiger partial charge on any atom is -0.492 e. The van der Waals surface area contributed by atoms with E-state index in [1.165, 1.54) is 0 Å². The molecule has 96 valence electrons. The van der Waals surface area contributed by atoms with Crippen molar-refractivity contribution in [3.63, 3.8) is 0 Å². The van der Waals surface area contributed by atoms with Crippen LogP contribution >= 0.6 is 15.9 Å². The molecule has 0 saturated heterocycles. The van der Waals surface area contributed by atoms with Crippen molar-refractivity contribution in [3.8, 4) is 5.75 Å². The minimum atomic E-state index is -0.324. The largest absolute Gasteiger partial charge is 0.492 e. The Hall–Kier alpha value is -0.580. The van der Waals surface area contributed by atoms with E-state index in [9.17, 15) is 5.11 Å². The number of ether oxygens (including phenoxy) is 1. The molecule has 0 radical (unpaired) electrons. The normalized spacial score (nSPS) is 12.5. The lowest BCUT2D eigenvalue weighted by Crippen LogP contribution is -2.14. The Bertz CT molecular complexity index is 342. The fourth-order valence-electron chi connectivity index (χ4n) is 1.45. The van der Waals surface area contributed by atoms with Gasteiger partial charge in [-0.15, -0.1) is 0 Å². The second kappa shape index (κ2) is 7.69. The molecule has 17 heavy (non-hydrogen) atoms. The summed E-state index contributed by atoms with van der Waals surface area (Å²) >= 11 is 3.49. The van der Waals surface area contributed by atoms with Crippen molar-refractivity contribution < 1.29 is 9.84 Å². The first kappa shape index (κ1) is 14.5. The maximum atomic E-state index is 9.21. The lowest BCUT2D eigenvalue weighted by atomic mass is 10.2. The van der Waals surface area contributed by atoms with Gasteiger partial charge < -0.3 is 15.2 Å². The Morgan fingerprint density at radius 1 is 1.47 bits per heavy atom. The highest BCUT2D eigenvalue weighted by Crippen LogP contribution is 2.29. The van der Waals surface area contributed by atoms with Gasteiger partial charge in [0.2, 0.25) is 0 Å². The highest BCUT2D eigenvalue weighted by Gasteiger charge is 2.08. The van der Waals surface area contributed by atoms with E-state index in [1.54, 1.807) is 6.92 Å². The monoisotopic (exact) mass is 301 g/mol. The summed E-state index contributed by atoms with van der Waals surface area (Å²) in [4.78, 5) is 0. The molecular weight excluding hydrogens is 282 g/mol. The van der Waals surface area contributed by atoms with Gasteiger partial charge in [-0.3, -0.25) is 0 Å². The molecule has 0 spiro atoms. The molecule has 1 rings (SSSR count). The molecule has 0 bridgehead atoms. The summed E-state index contributed by atoms with van der Waals surface area (Å²) in [7, 11) is 0. The minimum absolute atomic E-state index is 0.324. The standard InChI is InChI=1S/C13H20BrNO2/c1-3-15-9-11-5-4-6-12(14)13(11)17-8-7-10(2)16/h4-6,10,15-16H,3,7-9H2,1-2H3. The van der Waals surface area contributed by atoms with Crippen LogP contribution in [0.4, 0.5) is 0 Å². The van der Waals surface area contributed by atoms with E-state index >= 15 is 0 Å². The zero-order valence-electron chi connectivity index (χ0n) is 10.4. The topological polar surface area (TPSA) is 41.5 Å². The average Bonchev–Trinajstić information content (AvgIpc) is 2.29. The summed E-state index contributed by atoms with van der Waals surface area (Å²) in [5.74, 6) is 0.870. The van der Waals surface area contributed by atoms with E-state index in [0.717, 1.165) is 28.9 Å². The molecule has 0 saturated carbocycles. The van der Waals surface area contributed by atoms with Gasteiger partial charge in [-0.1, -0.05) is 19.1 Å². The fourth-order valence-corrected chi connectivity index (χ4v) is 1.97. The zero-order chi connectivity index (χ0) is 12.7. The first-order chi connectivity index (χ1) is 8.15. The molecule has 0 aliphatic carbocycles. The van der Waals surface area contributed by atoms with Crippen LogP contribution in [0.25, 0.3) is 0 Å². The Balaban J connectivity index is 2.66. The number of benzene rings is 1. The molecule has 0 fully saturated rings. The van der Waals surface area contributed by atoms with Crippen LogP contribution in [-0.2, 0) is 6.54 Å². The highest BCUT2D eigenvalue weighted by atomic mass is 79.9. The third-order valence-electron chi connectivity index (χ3n) is 2.40. The van der Waals surface area contributed by atoms with E-state index in [2.05, 4.69) is 28.2 Å². The SMILES string of the molecule is CCNCc1cccc(Br)c1OCCC(C)O. The van der Waals surface area contributed by atoms with E-state index in [4.69, 9.17) is 4.74 Å². The molecule has 1 unspecified atom stereocenters.